The number of hydrazine groups is 1. The van der Waals surface area contributed by atoms with Gasteiger partial charge in [0.25, 0.3) is 0 Å². The molecule has 0 amide bonds. The normalized spacial score (nSPS) is 28.0. The minimum Gasteiger partial charge on any atom is -0.324 e. The zero-order valence-electron chi connectivity index (χ0n) is 12.5. The lowest BCUT2D eigenvalue weighted by molar-refractivity contribution is 0.390. The fraction of sp³-hybridized carbons (Fsp3) is 0.600. The molecule has 3 atom stereocenters. The smallest absolute Gasteiger partial charge is 0.241 e. The van der Waals surface area contributed by atoms with Crippen LogP contribution in [0.1, 0.15) is 36.8 Å². The highest BCUT2D eigenvalue weighted by atomic mass is 32.2. The van der Waals surface area contributed by atoms with Crippen LogP contribution in [0.15, 0.2) is 17.0 Å². The molecule has 2 aliphatic rings. The summed E-state index contributed by atoms with van der Waals surface area (Å²) >= 11 is 0. The molecule has 0 radical (unpaired) electrons. The second-order valence-corrected chi connectivity index (χ2v) is 8.14. The van der Waals surface area contributed by atoms with Crippen LogP contribution in [-0.2, 0) is 10.0 Å². The lowest BCUT2D eigenvalue weighted by Gasteiger charge is -2.24. The molecule has 0 heterocycles. The Labute approximate surface area is 126 Å². The topological polar surface area (TPSA) is 84.2 Å². The summed E-state index contributed by atoms with van der Waals surface area (Å²) < 4.78 is 28.4. The van der Waals surface area contributed by atoms with Crippen molar-refractivity contribution in [3.05, 3.63) is 23.3 Å². The van der Waals surface area contributed by atoms with Crippen molar-refractivity contribution in [2.45, 2.75) is 50.5 Å². The standard InChI is InChI=1S/C15H23N3O2S/c1-9-5-13(17-16)6-10(2)15(9)21(19,20)18-14-8-11-3-4-12(14)7-11/h5-6,11-12,14,17-18H,3-4,7-8,16H2,1-2H3. The Morgan fingerprint density at radius 2 is 1.81 bits per heavy atom. The number of anilines is 1. The van der Waals surface area contributed by atoms with Gasteiger partial charge < -0.3 is 5.43 Å². The van der Waals surface area contributed by atoms with Crippen LogP contribution in [0, 0.1) is 25.7 Å². The van der Waals surface area contributed by atoms with Gasteiger partial charge in [-0.3, -0.25) is 5.84 Å². The molecular formula is C15H23N3O2S. The molecule has 2 saturated carbocycles. The number of nitrogens with one attached hydrogen (secondary N) is 2. The number of hydrogen-bond donors (Lipinski definition) is 3. The molecule has 6 heteroatoms. The fourth-order valence-electron chi connectivity index (χ4n) is 4.10. The van der Waals surface area contributed by atoms with E-state index in [4.69, 9.17) is 5.84 Å². The molecular weight excluding hydrogens is 286 g/mol. The summed E-state index contributed by atoms with van der Waals surface area (Å²) in [4.78, 5) is 0.393. The quantitative estimate of drug-likeness (QED) is 0.587. The van der Waals surface area contributed by atoms with E-state index in [1.54, 1.807) is 12.1 Å². The summed E-state index contributed by atoms with van der Waals surface area (Å²) in [6.45, 7) is 3.62. The number of sulfonamides is 1. The molecule has 0 aliphatic heterocycles. The van der Waals surface area contributed by atoms with Gasteiger partial charge >= 0.3 is 0 Å². The lowest BCUT2D eigenvalue weighted by atomic mass is 9.96. The average Bonchev–Trinajstić information content (AvgIpc) is 2.98. The van der Waals surface area contributed by atoms with E-state index in [-0.39, 0.29) is 6.04 Å². The van der Waals surface area contributed by atoms with E-state index in [0.717, 1.165) is 29.7 Å². The Kier molecular flexibility index (Phi) is 3.71. The van der Waals surface area contributed by atoms with Gasteiger partial charge in [0.1, 0.15) is 0 Å². The van der Waals surface area contributed by atoms with E-state index in [9.17, 15) is 8.42 Å². The Balaban J connectivity index is 1.88. The van der Waals surface area contributed by atoms with Gasteiger partial charge in [-0.05, 0) is 68.2 Å². The number of rotatable bonds is 4. The van der Waals surface area contributed by atoms with E-state index in [1.807, 2.05) is 13.8 Å². The maximum atomic E-state index is 12.7. The highest BCUT2D eigenvalue weighted by Crippen LogP contribution is 2.45. The SMILES string of the molecule is Cc1cc(NN)cc(C)c1S(=O)(=O)NC1CC2CCC1C2. The number of benzene rings is 1. The molecule has 116 valence electrons. The van der Waals surface area contributed by atoms with E-state index in [2.05, 4.69) is 10.1 Å². The third-order valence-electron chi connectivity index (χ3n) is 4.94. The van der Waals surface area contributed by atoms with Crippen molar-refractivity contribution in [3.63, 3.8) is 0 Å². The van der Waals surface area contributed by atoms with Crippen molar-refractivity contribution in [3.8, 4) is 0 Å². The molecule has 0 spiro atoms. The first-order valence-corrected chi connectivity index (χ1v) is 8.99. The van der Waals surface area contributed by atoms with Gasteiger partial charge in [0.15, 0.2) is 0 Å². The number of fused-ring (bicyclic) bond motifs is 2. The molecule has 1 aromatic rings. The molecule has 0 aromatic heterocycles. The molecule has 2 fully saturated rings. The Hall–Kier alpha value is -1.11. The molecule has 4 N–H and O–H groups in total. The van der Waals surface area contributed by atoms with Gasteiger partial charge in [-0.15, -0.1) is 0 Å². The predicted octanol–water partition coefficient (Wildman–Crippen LogP) is 2.06. The van der Waals surface area contributed by atoms with Crippen LogP contribution < -0.4 is 16.0 Å². The van der Waals surface area contributed by atoms with Crippen LogP contribution in [-0.4, -0.2) is 14.5 Å². The number of hydrogen-bond acceptors (Lipinski definition) is 4. The van der Waals surface area contributed by atoms with Crippen molar-refractivity contribution >= 4 is 15.7 Å². The summed E-state index contributed by atoms with van der Waals surface area (Å²) in [6.07, 6.45) is 4.59. The highest BCUT2D eigenvalue weighted by molar-refractivity contribution is 7.89. The zero-order chi connectivity index (χ0) is 15.2. The van der Waals surface area contributed by atoms with Crippen LogP contribution in [0.4, 0.5) is 5.69 Å². The first-order chi connectivity index (χ1) is 9.90. The van der Waals surface area contributed by atoms with E-state index >= 15 is 0 Å². The van der Waals surface area contributed by atoms with E-state index in [1.165, 1.54) is 12.8 Å². The largest absolute Gasteiger partial charge is 0.324 e. The molecule has 0 saturated heterocycles. The van der Waals surface area contributed by atoms with Gasteiger partial charge in [0.2, 0.25) is 10.0 Å². The van der Waals surface area contributed by atoms with Crippen molar-refractivity contribution in [2.24, 2.45) is 17.7 Å². The first kappa shape index (κ1) is 14.8. The zero-order valence-corrected chi connectivity index (χ0v) is 13.3. The number of nitrogen functional groups attached to an aromatic ring is 1. The second-order valence-electron chi connectivity index (χ2n) is 6.49. The maximum absolute atomic E-state index is 12.7. The Bertz CT molecular complexity index is 634. The molecule has 1 aromatic carbocycles. The van der Waals surface area contributed by atoms with E-state index in [0.29, 0.717) is 16.7 Å². The monoisotopic (exact) mass is 309 g/mol. The first-order valence-electron chi connectivity index (χ1n) is 7.51. The van der Waals surface area contributed by atoms with Crippen LogP contribution in [0.5, 0.6) is 0 Å². The molecule has 2 aliphatic carbocycles. The van der Waals surface area contributed by atoms with E-state index < -0.39 is 10.0 Å². The van der Waals surface area contributed by atoms with Crippen LogP contribution in [0.3, 0.4) is 0 Å². The summed E-state index contributed by atoms with van der Waals surface area (Å²) in [5.74, 6) is 6.64. The highest BCUT2D eigenvalue weighted by Gasteiger charge is 2.41. The summed E-state index contributed by atoms with van der Waals surface area (Å²) in [5, 5.41) is 0. The maximum Gasteiger partial charge on any atom is 0.241 e. The Morgan fingerprint density at radius 1 is 1.14 bits per heavy atom. The third-order valence-corrected chi connectivity index (χ3v) is 6.73. The summed E-state index contributed by atoms with van der Waals surface area (Å²) in [6, 6.07) is 3.64. The van der Waals surface area contributed by atoms with Crippen molar-refractivity contribution in [2.75, 3.05) is 5.43 Å². The molecule has 21 heavy (non-hydrogen) atoms. The van der Waals surface area contributed by atoms with Crippen LogP contribution in [0.25, 0.3) is 0 Å². The van der Waals surface area contributed by atoms with Crippen molar-refractivity contribution in [1.82, 2.24) is 4.72 Å². The lowest BCUT2D eigenvalue weighted by Crippen LogP contribution is -2.39. The van der Waals surface area contributed by atoms with Gasteiger partial charge in [-0.25, -0.2) is 13.1 Å². The second kappa shape index (κ2) is 5.26. The minimum absolute atomic E-state index is 0.111. The van der Waals surface area contributed by atoms with Crippen LogP contribution in [0.2, 0.25) is 0 Å². The summed E-state index contributed by atoms with van der Waals surface area (Å²) in [7, 11) is -3.47. The minimum atomic E-state index is -3.47. The molecule has 3 rings (SSSR count). The molecule has 2 bridgehead atoms. The summed E-state index contributed by atoms with van der Waals surface area (Å²) in [5.41, 5.74) is 4.73. The van der Waals surface area contributed by atoms with Crippen LogP contribution >= 0.6 is 0 Å². The van der Waals surface area contributed by atoms with Gasteiger partial charge in [0.05, 0.1) is 4.90 Å². The van der Waals surface area contributed by atoms with Crippen molar-refractivity contribution in [1.29, 1.82) is 0 Å². The average molecular weight is 309 g/mol. The predicted molar refractivity (Wildman–Crippen MR) is 83.3 cm³/mol. The molecule has 5 nitrogen and oxygen atoms in total. The number of aryl methyl sites for hydroxylation is 2. The van der Waals surface area contributed by atoms with Gasteiger partial charge in [0, 0.05) is 11.7 Å². The fourth-order valence-corrected chi connectivity index (χ4v) is 5.88. The third kappa shape index (κ3) is 2.67. The van der Waals surface area contributed by atoms with Crippen molar-refractivity contribution < 1.29 is 8.42 Å². The molecule has 3 unspecified atom stereocenters. The van der Waals surface area contributed by atoms with Gasteiger partial charge in [-0.2, -0.15) is 0 Å². The number of nitrogens with two attached hydrogens (primary N) is 1. The Morgan fingerprint density at radius 3 is 2.29 bits per heavy atom. The van der Waals surface area contributed by atoms with Gasteiger partial charge in [-0.1, -0.05) is 6.42 Å².